The van der Waals surface area contributed by atoms with Crippen molar-refractivity contribution in [2.45, 2.75) is 38.6 Å². The van der Waals surface area contributed by atoms with Crippen molar-refractivity contribution < 1.29 is 23.9 Å². The van der Waals surface area contributed by atoms with Gasteiger partial charge in [-0.05, 0) is 61.6 Å². The highest BCUT2D eigenvalue weighted by Crippen LogP contribution is 2.31. The van der Waals surface area contributed by atoms with Crippen LogP contribution in [0, 0.1) is 0 Å². The maximum absolute atomic E-state index is 12.8. The van der Waals surface area contributed by atoms with Crippen molar-refractivity contribution in [1.29, 1.82) is 0 Å². The predicted molar refractivity (Wildman–Crippen MR) is 112 cm³/mol. The number of amides is 2. The van der Waals surface area contributed by atoms with E-state index in [1.165, 1.54) is 16.0 Å². The molecule has 2 aromatic rings. The van der Waals surface area contributed by atoms with Gasteiger partial charge in [0, 0.05) is 12.5 Å². The van der Waals surface area contributed by atoms with Gasteiger partial charge < -0.3 is 19.7 Å². The summed E-state index contributed by atoms with van der Waals surface area (Å²) in [6.45, 7) is 1.11. The van der Waals surface area contributed by atoms with Gasteiger partial charge in [0.2, 0.25) is 5.91 Å². The highest BCUT2D eigenvalue weighted by molar-refractivity contribution is 6.05. The number of esters is 1. The fraction of sp³-hybridized carbons (Fsp3) is 0.348. The van der Waals surface area contributed by atoms with E-state index in [9.17, 15) is 14.4 Å². The lowest BCUT2D eigenvalue weighted by Gasteiger charge is -2.27. The van der Waals surface area contributed by atoms with Crippen LogP contribution in [0.15, 0.2) is 42.5 Å². The molecule has 1 N–H and O–H groups in total. The number of carbonyl (C=O) groups is 3. The van der Waals surface area contributed by atoms with Crippen LogP contribution < -0.4 is 15.0 Å². The van der Waals surface area contributed by atoms with Crippen LogP contribution in [0.3, 0.4) is 0 Å². The van der Waals surface area contributed by atoms with Crippen molar-refractivity contribution in [2.75, 3.05) is 23.4 Å². The number of aryl methyl sites for hydroxylation is 2. The van der Waals surface area contributed by atoms with E-state index in [-0.39, 0.29) is 25.0 Å². The SMILES string of the molecule is CC1CC(=O)Nc2ccccc2N1C(=O)COC(=O)COc1ccc2c(c1)CCC2. The Balaban J connectivity index is 1.34. The molecule has 1 atom stereocenters. The van der Waals surface area contributed by atoms with Crippen LogP contribution in [0.1, 0.15) is 30.9 Å². The Bertz CT molecular complexity index is 987. The first-order valence-corrected chi connectivity index (χ1v) is 10.1. The van der Waals surface area contributed by atoms with Gasteiger partial charge in [-0.1, -0.05) is 18.2 Å². The fourth-order valence-electron chi connectivity index (χ4n) is 4.00. The van der Waals surface area contributed by atoms with Crippen molar-refractivity contribution in [2.24, 2.45) is 0 Å². The van der Waals surface area contributed by atoms with Crippen molar-refractivity contribution in [3.63, 3.8) is 0 Å². The predicted octanol–water partition coefficient (Wildman–Crippen LogP) is 2.86. The molecule has 30 heavy (non-hydrogen) atoms. The summed E-state index contributed by atoms with van der Waals surface area (Å²) in [5, 5.41) is 2.80. The summed E-state index contributed by atoms with van der Waals surface area (Å²) in [4.78, 5) is 38.4. The molecule has 2 aromatic carbocycles. The zero-order valence-electron chi connectivity index (χ0n) is 16.8. The molecule has 0 saturated carbocycles. The van der Waals surface area contributed by atoms with Crippen molar-refractivity contribution in [3.8, 4) is 5.75 Å². The average Bonchev–Trinajstić information content (AvgIpc) is 3.15. The highest BCUT2D eigenvalue weighted by atomic mass is 16.6. The van der Waals surface area contributed by atoms with E-state index < -0.39 is 18.5 Å². The van der Waals surface area contributed by atoms with Gasteiger partial charge in [0.05, 0.1) is 11.4 Å². The second kappa shape index (κ2) is 8.57. The quantitative estimate of drug-likeness (QED) is 0.769. The van der Waals surface area contributed by atoms with Crippen LogP contribution in [-0.2, 0) is 32.0 Å². The van der Waals surface area contributed by atoms with E-state index in [0.717, 1.165) is 19.3 Å². The maximum atomic E-state index is 12.8. The topological polar surface area (TPSA) is 84.9 Å². The van der Waals surface area contributed by atoms with E-state index in [1.807, 2.05) is 18.2 Å². The molecule has 1 aliphatic carbocycles. The molecule has 156 valence electrons. The third-order valence-corrected chi connectivity index (χ3v) is 5.41. The first-order valence-electron chi connectivity index (χ1n) is 10.1. The molecule has 0 spiro atoms. The smallest absolute Gasteiger partial charge is 0.344 e. The zero-order valence-corrected chi connectivity index (χ0v) is 16.8. The van der Waals surface area contributed by atoms with Crippen LogP contribution in [0.25, 0.3) is 0 Å². The van der Waals surface area contributed by atoms with E-state index in [2.05, 4.69) is 5.32 Å². The molecule has 0 aromatic heterocycles. The van der Waals surface area contributed by atoms with Crippen LogP contribution in [0.5, 0.6) is 5.75 Å². The minimum absolute atomic E-state index is 0.162. The lowest BCUT2D eigenvalue weighted by Crippen LogP contribution is -2.41. The van der Waals surface area contributed by atoms with Crippen LogP contribution in [0.2, 0.25) is 0 Å². The number of nitrogens with one attached hydrogen (secondary N) is 1. The summed E-state index contributed by atoms with van der Waals surface area (Å²) in [6, 6.07) is 12.6. The number of hydrogen-bond acceptors (Lipinski definition) is 5. The standard InChI is InChI=1S/C23H24N2O5/c1-15-11-21(26)24-19-7-2-3-8-20(19)25(15)22(27)13-30-23(28)14-29-18-10-9-16-5-4-6-17(16)12-18/h2-3,7-10,12,15H,4-6,11,13-14H2,1H3,(H,24,26). The Hall–Kier alpha value is -3.35. The largest absolute Gasteiger partial charge is 0.482 e. The Labute approximate surface area is 175 Å². The number of ether oxygens (including phenoxy) is 2. The molecule has 2 amide bonds. The molecule has 2 aliphatic rings. The summed E-state index contributed by atoms with van der Waals surface area (Å²) in [5.41, 5.74) is 3.74. The van der Waals surface area contributed by atoms with Gasteiger partial charge in [-0.2, -0.15) is 0 Å². The summed E-state index contributed by atoms with van der Waals surface area (Å²) in [6.07, 6.45) is 3.41. The molecule has 7 heteroatoms. The van der Waals surface area contributed by atoms with E-state index in [1.54, 1.807) is 31.2 Å². The Kier molecular flexibility index (Phi) is 5.70. The third kappa shape index (κ3) is 4.30. The van der Waals surface area contributed by atoms with Crippen LogP contribution >= 0.6 is 0 Å². The summed E-state index contributed by atoms with van der Waals surface area (Å²) in [5.74, 6) is -0.547. The van der Waals surface area contributed by atoms with Crippen molar-refractivity contribution >= 4 is 29.2 Å². The van der Waals surface area contributed by atoms with Gasteiger partial charge in [-0.3, -0.25) is 9.59 Å². The minimum Gasteiger partial charge on any atom is -0.482 e. The number of fused-ring (bicyclic) bond motifs is 2. The molecular weight excluding hydrogens is 384 g/mol. The summed E-state index contributed by atoms with van der Waals surface area (Å²) in [7, 11) is 0. The minimum atomic E-state index is -0.617. The summed E-state index contributed by atoms with van der Waals surface area (Å²) >= 11 is 0. The van der Waals surface area contributed by atoms with Crippen molar-refractivity contribution in [1.82, 2.24) is 0 Å². The summed E-state index contributed by atoms with van der Waals surface area (Å²) < 4.78 is 10.7. The number of benzene rings is 2. The lowest BCUT2D eigenvalue weighted by atomic mass is 10.1. The van der Waals surface area contributed by atoms with Gasteiger partial charge in [-0.25, -0.2) is 4.79 Å². The van der Waals surface area contributed by atoms with E-state index >= 15 is 0 Å². The Morgan fingerprint density at radius 2 is 1.90 bits per heavy atom. The number of nitrogens with zero attached hydrogens (tertiary/aromatic N) is 1. The van der Waals surface area contributed by atoms with Crippen LogP contribution in [-0.4, -0.2) is 37.0 Å². The van der Waals surface area contributed by atoms with Gasteiger partial charge in [0.1, 0.15) is 5.75 Å². The number of anilines is 2. The second-order valence-electron chi connectivity index (χ2n) is 7.62. The normalized spacial score (nSPS) is 17.4. The molecule has 4 rings (SSSR count). The first kappa shape index (κ1) is 19.9. The van der Waals surface area contributed by atoms with Gasteiger partial charge >= 0.3 is 5.97 Å². The molecule has 7 nitrogen and oxygen atoms in total. The monoisotopic (exact) mass is 408 g/mol. The molecule has 0 radical (unpaired) electrons. The maximum Gasteiger partial charge on any atom is 0.344 e. The number of hydrogen-bond donors (Lipinski definition) is 1. The molecule has 1 heterocycles. The number of rotatable bonds is 5. The molecule has 0 fully saturated rings. The Morgan fingerprint density at radius 1 is 1.10 bits per heavy atom. The first-order chi connectivity index (χ1) is 14.5. The van der Waals surface area contributed by atoms with Gasteiger partial charge in [0.15, 0.2) is 13.2 Å². The molecule has 0 saturated heterocycles. The number of para-hydroxylation sites is 2. The van der Waals surface area contributed by atoms with Crippen molar-refractivity contribution in [3.05, 3.63) is 53.6 Å². The molecular formula is C23H24N2O5. The average molecular weight is 408 g/mol. The van der Waals surface area contributed by atoms with Gasteiger partial charge in [0.25, 0.3) is 5.91 Å². The highest BCUT2D eigenvalue weighted by Gasteiger charge is 2.30. The molecule has 0 bridgehead atoms. The van der Waals surface area contributed by atoms with Gasteiger partial charge in [-0.15, -0.1) is 0 Å². The van der Waals surface area contributed by atoms with E-state index in [4.69, 9.17) is 9.47 Å². The molecule has 1 aliphatic heterocycles. The third-order valence-electron chi connectivity index (χ3n) is 5.41. The fourth-order valence-corrected chi connectivity index (χ4v) is 4.00. The van der Waals surface area contributed by atoms with Crippen LogP contribution in [0.4, 0.5) is 11.4 Å². The molecule has 1 unspecified atom stereocenters. The van der Waals surface area contributed by atoms with E-state index in [0.29, 0.717) is 17.1 Å². The Morgan fingerprint density at radius 3 is 2.77 bits per heavy atom. The second-order valence-corrected chi connectivity index (χ2v) is 7.62. The lowest BCUT2D eigenvalue weighted by molar-refractivity contribution is -0.149. The zero-order chi connectivity index (χ0) is 21.1. The number of carbonyl (C=O) groups excluding carboxylic acids is 3.